The molecular formula is C17H11N3O4S. The standard InChI is InChI=1S/C17H11N3O4S/c21-8-13-11-6-5-10(7-14(11)24-20-13)23-9-16(22)19-17-18-12-3-1-2-4-15(12)25-17/h1-8H,9H2,(H,18,19,22). The number of amides is 1. The number of hydrogen-bond acceptors (Lipinski definition) is 7. The van der Waals surface area contributed by atoms with Crippen LogP contribution in [0.15, 0.2) is 47.0 Å². The van der Waals surface area contributed by atoms with Gasteiger partial charge in [-0.3, -0.25) is 14.9 Å². The number of benzene rings is 2. The van der Waals surface area contributed by atoms with Crippen LogP contribution in [0.4, 0.5) is 5.13 Å². The summed E-state index contributed by atoms with van der Waals surface area (Å²) in [7, 11) is 0. The molecule has 0 aliphatic heterocycles. The minimum Gasteiger partial charge on any atom is -0.484 e. The first-order valence-corrected chi connectivity index (χ1v) is 8.17. The van der Waals surface area contributed by atoms with Crippen molar-refractivity contribution >= 4 is 49.8 Å². The SMILES string of the molecule is O=Cc1noc2cc(OCC(=O)Nc3nc4ccccc4s3)ccc12. The Hall–Kier alpha value is -3.26. The van der Waals surface area contributed by atoms with E-state index in [0.29, 0.717) is 28.1 Å². The summed E-state index contributed by atoms with van der Waals surface area (Å²) in [5.41, 5.74) is 1.49. The third-order valence-corrected chi connectivity index (χ3v) is 4.45. The van der Waals surface area contributed by atoms with Crippen molar-refractivity contribution < 1.29 is 18.8 Å². The van der Waals surface area contributed by atoms with Crippen molar-refractivity contribution in [3.8, 4) is 5.75 Å². The van der Waals surface area contributed by atoms with Gasteiger partial charge in [-0.15, -0.1) is 0 Å². The molecule has 0 unspecified atom stereocenters. The Kier molecular flexibility index (Phi) is 3.87. The van der Waals surface area contributed by atoms with Crippen LogP contribution in [-0.4, -0.2) is 28.9 Å². The Labute approximate surface area is 145 Å². The third kappa shape index (κ3) is 3.07. The Morgan fingerprint density at radius 2 is 2.16 bits per heavy atom. The molecule has 2 aromatic heterocycles. The second kappa shape index (κ2) is 6.33. The van der Waals surface area contributed by atoms with Gasteiger partial charge in [0.25, 0.3) is 5.91 Å². The van der Waals surface area contributed by atoms with Crippen molar-refractivity contribution in [3.05, 3.63) is 48.2 Å². The molecule has 0 atom stereocenters. The number of aromatic nitrogens is 2. The fraction of sp³-hybridized carbons (Fsp3) is 0.0588. The number of carbonyl (C=O) groups is 2. The number of nitrogens with one attached hydrogen (secondary N) is 1. The lowest BCUT2D eigenvalue weighted by atomic mass is 10.2. The molecule has 2 heterocycles. The van der Waals surface area contributed by atoms with Crippen molar-refractivity contribution in [1.29, 1.82) is 0 Å². The maximum absolute atomic E-state index is 12.0. The van der Waals surface area contributed by atoms with Gasteiger partial charge >= 0.3 is 0 Å². The summed E-state index contributed by atoms with van der Waals surface area (Å²) < 4.78 is 11.5. The number of anilines is 1. The topological polar surface area (TPSA) is 94.3 Å². The van der Waals surface area contributed by atoms with Crippen molar-refractivity contribution in [3.63, 3.8) is 0 Å². The number of carbonyl (C=O) groups excluding carboxylic acids is 2. The average Bonchev–Trinajstić information content (AvgIpc) is 3.22. The van der Waals surface area contributed by atoms with E-state index in [0.717, 1.165) is 10.2 Å². The molecular weight excluding hydrogens is 342 g/mol. The number of aldehydes is 1. The van der Waals surface area contributed by atoms with Gasteiger partial charge in [-0.1, -0.05) is 28.6 Å². The van der Waals surface area contributed by atoms with E-state index in [1.807, 2.05) is 24.3 Å². The van der Waals surface area contributed by atoms with E-state index in [9.17, 15) is 9.59 Å². The molecule has 2 aromatic carbocycles. The molecule has 0 aliphatic rings. The van der Waals surface area contributed by atoms with E-state index in [1.165, 1.54) is 11.3 Å². The Morgan fingerprint density at radius 3 is 3.00 bits per heavy atom. The maximum atomic E-state index is 12.0. The number of nitrogens with zero attached hydrogens (tertiary/aromatic N) is 2. The molecule has 0 saturated heterocycles. The number of rotatable bonds is 5. The van der Waals surface area contributed by atoms with E-state index >= 15 is 0 Å². The Balaban J connectivity index is 1.42. The van der Waals surface area contributed by atoms with E-state index in [2.05, 4.69) is 15.5 Å². The zero-order valence-electron chi connectivity index (χ0n) is 12.8. The first-order valence-electron chi connectivity index (χ1n) is 7.36. The van der Waals surface area contributed by atoms with E-state index in [1.54, 1.807) is 18.2 Å². The fourth-order valence-electron chi connectivity index (χ4n) is 2.34. The first kappa shape index (κ1) is 15.3. The maximum Gasteiger partial charge on any atom is 0.264 e. The second-order valence-electron chi connectivity index (χ2n) is 5.17. The van der Waals surface area contributed by atoms with Crippen LogP contribution in [0.1, 0.15) is 10.5 Å². The molecule has 4 rings (SSSR count). The van der Waals surface area contributed by atoms with Crippen LogP contribution >= 0.6 is 11.3 Å². The van der Waals surface area contributed by atoms with Crippen LogP contribution < -0.4 is 10.1 Å². The Bertz CT molecular complexity index is 1050. The highest BCUT2D eigenvalue weighted by molar-refractivity contribution is 7.22. The summed E-state index contributed by atoms with van der Waals surface area (Å²) in [4.78, 5) is 27.2. The molecule has 124 valence electrons. The van der Waals surface area contributed by atoms with Crippen LogP contribution in [0.5, 0.6) is 5.75 Å². The largest absolute Gasteiger partial charge is 0.484 e. The molecule has 25 heavy (non-hydrogen) atoms. The number of hydrogen-bond donors (Lipinski definition) is 1. The summed E-state index contributed by atoms with van der Waals surface area (Å²) in [6.45, 7) is -0.171. The molecule has 0 saturated carbocycles. The Morgan fingerprint density at radius 1 is 1.28 bits per heavy atom. The van der Waals surface area contributed by atoms with E-state index in [-0.39, 0.29) is 18.2 Å². The van der Waals surface area contributed by atoms with Gasteiger partial charge in [-0.05, 0) is 24.3 Å². The fourth-order valence-corrected chi connectivity index (χ4v) is 3.22. The quantitative estimate of drug-likeness (QED) is 0.553. The van der Waals surface area contributed by atoms with Crippen molar-refractivity contribution in [2.75, 3.05) is 11.9 Å². The van der Waals surface area contributed by atoms with Gasteiger partial charge < -0.3 is 9.26 Å². The summed E-state index contributed by atoms with van der Waals surface area (Å²) in [5, 5.41) is 7.48. The number of ether oxygens (including phenoxy) is 1. The second-order valence-corrected chi connectivity index (χ2v) is 6.20. The molecule has 0 radical (unpaired) electrons. The third-order valence-electron chi connectivity index (χ3n) is 3.49. The highest BCUT2D eigenvalue weighted by Crippen LogP contribution is 2.25. The zero-order valence-corrected chi connectivity index (χ0v) is 13.6. The predicted molar refractivity (Wildman–Crippen MR) is 93.1 cm³/mol. The summed E-state index contributed by atoms with van der Waals surface area (Å²) in [6, 6.07) is 12.5. The molecule has 7 nitrogen and oxygen atoms in total. The van der Waals surface area contributed by atoms with Gasteiger partial charge in [-0.25, -0.2) is 4.98 Å². The molecule has 0 spiro atoms. The molecule has 1 amide bonds. The van der Waals surface area contributed by atoms with Gasteiger partial charge in [0.2, 0.25) is 0 Å². The summed E-state index contributed by atoms with van der Waals surface area (Å²) in [5.74, 6) is 0.130. The number of para-hydroxylation sites is 1. The van der Waals surface area contributed by atoms with Gasteiger partial charge in [0, 0.05) is 6.07 Å². The number of thiazole rings is 1. The van der Waals surface area contributed by atoms with Gasteiger partial charge in [0.15, 0.2) is 29.3 Å². The van der Waals surface area contributed by atoms with E-state index in [4.69, 9.17) is 9.26 Å². The lowest BCUT2D eigenvalue weighted by molar-refractivity contribution is -0.118. The first-order chi connectivity index (χ1) is 12.2. The van der Waals surface area contributed by atoms with Gasteiger partial charge in [-0.2, -0.15) is 0 Å². The van der Waals surface area contributed by atoms with Crippen LogP contribution in [0.3, 0.4) is 0 Å². The van der Waals surface area contributed by atoms with Crippen molar-refractivity contribution in [2.45, 2.75) is 0 Å². The molecule has 8 heteroatoms. The lowest BCUT2D eigenvalue weighted by Crippen LogP contribution is -2.19. The van der Waals surface area contributed by atoms with Gasteiger partial charge in [0.05, 0.1) is 15.6 Å². The summed E-state index contributed by atoms with van der Waals surface area (Å²) >= 11 is 1.40. The zero-order chi connectivity index (χ0) is 17.2. The van der Waals surface area contributed by atoms with Gasteiger partial charge in [0.1, 0.15) is 5.75 Å². The average molecular weight is 353 g/mol. The minimum absolute atomic E-state index is 0.171. The molecule has 0 aliphatic carbocycles. The minimum atomic E-state index is -0.315. The van der Waals surface area contributed by atoms with Crippen LogP contribution in [-0.2, 0) is 4.79 Å². The lowest BCUT2D eigenvalue weighted by Gasteiger charge is -2.05. The van der Waals surface area contributed by atoms with Crippen LogP contribution in [0.25, 0.3) is 21.2 Å². The van der Waals surface area contributed by atoms with Crippen molar-refractivity contribution in [1.82, 2.24) is 10.1 Å². The molecule has 0 bridgehead atoms. The van der Waals surface area contributed by atoms with E-state index < -0.39 is 0 Å². The normalized spacial score (nSPS) is 10.9. The highest BCUT2D eigenvalue weighted by Gasteiger charge is 2.11. The molecule has 4 aromatic rings. The van der Waals surface area contributed by atoms with Crippen LogP contribution in [0.2, 0.25) is 0 Å². The molecule has 0 fully saturated rings. The smallest absolute Gasteiger partial charge is 0.264 e. The highest BCUT2D eigenvalue weighted by atomic mass is 32.1. The molecule has 1 N–H and O–H groups in total. The predicted octanol–water partition coefficient (Wildman–Crippen LogP) is 3.27. The monoisotopic (exact) mass is 353 g/mol. The number of fused-ring (bicyclic) bond motifs is 2. The van der Waals surface area contributed by atoms with Crippen LogP contribution in [0, 0.1) is 0 Å². The summed E-state index contributed by atoms with van der Waals surface area (Å²) in [6.07, 6.45) is 0.623. The van der Waals surface area contributed by atoms with Crippen molar-refractivity contribution in [2.24, 2.45) is 0 Å².